The van der Waals surface area contributed by atoms with E-state index >= 15 is 0 Å². The largest absolute Gasteiger partial charge is 0.450 e. The normalized spacial score (nSPS) is 15.9. The molecule has 1 saturated heterocycles. The van der Waals surface area contributed by atoms with E-state index in [0.717, 1.165) is 30.0 Å². The number of rotatable bonds is 7. The number of thioether (sulfide) groups is 1. The van der Waals surface area contributed by atoms with Crippen LogP contribution in [-0.2, 0) is 4.79 Å². The fourth-order valence-electron chi connectivity index (χ4n) is 2.80. The second kappa shape index (κ2) is 8.96. The minimum atomic E-state index is -0.760. The van der Waals surface area contributed by atoms with Crippen LogP contribution in [0.4, 0.5) is 16.2 Å². The highest BCUT2D eigenvalue weighted by Gasteiger charge is 2.37. The molecule has 1 heterocycles. The Bertz CT molecular complexity index is 1100. The Labute approximate surface area is 180 Å². The third kappa shape index (κ3) is 4.72. The van der Waals surface area contributed by atoms with Crippen LogP contribution >= 0.6 is 11.8 Å². The van der Waals surface area contributed by atoms with Crippen LogP contribution in [0.2, 0.25) is 0 Å². The van der Waals surface area contributed by atoms with Crippen molar-refractivity contribution in [2.45, 2.75) is 26.3 Å². The molecule has 2 amide bonds. The Morgan fingerprint density at radius 1 is 1.10 bits per heavy atom. The van der Waals surface area contributed by atoms with Crippen LogP contribution in [0.15, 0.2) is 47.4 Å². The third-order valence-electron chi connectivity index (χ3n) is 4.61. The van der Waals surface area contributed by atoms with E-state index < -0.39 is 21.2 Å². The molecule has 0 aromatic heterocycles. The molecule has 0 unspecified atom stereocenters. The van der Waals surface area contributed by atoms with Gasteiger partial charge in [0.2, 0.25) is 5.75 Å². The minimum Gasteiger partial charge on any atom is -0.450 e. The minimum absolute atomic E-state index is 0.141. The maximum atomic E-state index is 12.5. The number of amides is 2. The summed E-state index contributed by atoms with van der Waals surface area (Å²) in [5.74, 6) is -0.217. The van der Waals surface area contributed by atoms with Gasteiger partial charge in [0, 0.05) is 12.1 Å². The molecule has 0 bridgehead atoms. The lowest BCUT2D eigenvalue weighted by molar-refractivity contribution is -0.394. The van der Waals surface area contributed by atoms with Crippen molar-refractivity contribution in [1.82, 2.24) is 4.90 Å². The number of nitro groups is 2. The van der Waals surface area contributed by atoms with Gasteiger partial charge in [0.15, 0.2) is 0 Å². The van der Waals surface area contributed by atoms with Gasteiger partial charge < -0.3 is 4.74 Å². The Balaban J connectivity index is 1.80. The summed E-state index contributed by atoms with van der Waals surface area (Å²) < 4.78 is 5.51. The molecule has 0 spiro atoms. The number of hydrogen-bond donors (Lipinski definition) is 0. The lowest BCUT2D eigenvalue weighted by Crippen LogP contribution is -2.36. The van der Waals surface area contributed by atoms with Crippen molar-refractivity contribution < 1.29 is 24.2 Å². The summed E-state index contributed by atoms with van der Waals surface area (Å²) in [6.45, 7) is 3.70. The van der Waals surface area contributed by atoms with Gasteiger partial charge in [0.1, 0.15) is 5.75 Å². The molecule has 2 aromatic rings. The molecule has 3 rings (SSSR count). The van der Waals surface area contributed by atoms with Crippen LogP contribution < -0.4 is 4.74 Å². The van der Waals surface area contributed by atoms with Crippen LogP contribution in [0.25, 0.3) is 6.08 Å². The van der Waals surface area contributed by atoms with E-state index in [1.807, 2.05) is 13.8 Å². The molecule has 0 radical (unpaired) electrons. The zero-order valence-electron chi connectivity index (χ0n) is 16.5. The Hall–Kier alpha value is -3.73. The second-order valence-corrected chi connectivity index (χ2v) is 7.64. The highest BCUT2D eigenvalue weighted by molar-refractivity contribution is 8.18. The zero-order chi connectivity index (χ0) is 22.7. The third-order valence-corrected chi connectivity index (χ3v) is 5.49. The van der Waals surface area contributed by atoms with Crippen molar-refractivity contribution in [3.63, 3.8) is 0 Å². The number of imide groups is 1. The van der Waals surface area contributed by atoms with E-state index in [-0.39, 0.29) is 28.7 Å². The number of nitrogens with zero attached hydrogens (tertiary/aromatic N) is 3. The van der Waals surface area contributed by atoms with Crippen molar-refractivity contribution in [1.29, 1.82) is 0 Å². The van der Waals surface area contributed by atoms with Gasteiger partial charge >= 0.3 is 5.69 Å². The maximum absolute atomic E-state index is 12.5. The van der Waals surface area contributed by atoms with Crippen molar-refractivity contribution in [3.8, 4) is 11.5 Å². The Morgan fingerprint density at radius 3 is 2.35 bits per heavy atom. The van der Waals surface area contributed by atoms with Crippen molar-refractivity contribution in [2.75, 3.05) is 0 Å². The Kier molecular flexibility index (Phi) is 6.35. The maximum Gasteiger partial charge on any atom is 0.318 e. The molecule has 11 heteroatoms. The molecule has 160 valence electrons. The van der Waals surface area contributed by atoms with E-state index in [2.05, 4.69) is 0 Å². The number of nitro benzene ring substituents is 2. The molecule has 0 N–H and O–H groups in total. The number of hydrogen-bond acceptors (Lipinski definition) is 8. The summed E-state index contributed by atoms with van der Waals surface area (Å²) >= 11 is 0.873. The van der Waals surface area contributed by atoms with Gasteiger partial charge in [-0.05, 0) is 54.9 Å². The standard InChI is InChI=1S/C20H17N3O7S/c1-3-12(2)21-19(24)18(31-20(21)25)10-13-4-7-15(8-5-13)30-17-9-6-14(22(26)27)11-16(17)23(28)29/h4-12H,3H2,1-2H3/b18-10+/t12-/m1/s1. The molecular weight excluding hydrogens is 426 g/mol. The van der Waals surface area contributed by atoms with Crippen LogP contribution in [-0.4, -0.2) is 31.9 Å². The second-order valence-electron chi connectivity index (χ2n) is 6.65. The lowest BCUT2D eigenvalue weighted by atomic mass is 10.2. The molecule has 1 fully saturated rings. The van der Waals surface area contributed by atoms with E-state index in [4.69, 9.17) is 4.74 Å². The average molecular weight is 443 g/mol. The molecule has 1 aliphatic heterocycles. The van der Waals surface area contributed by atoms with E-state index in [1.165, 1.54) is 17.0 Å². The summed E-state index contributed by atoms with van der Waals surface area (Å²) in [6, 6.07) is 9.25. The fourth-order valence-corrected chi connectivity index (χ4v) is 3.73. The smallest absolute Gasteiger partial charge is 0.318 e. The van der Waals surface area contributed by atoms with E-state index in [0.29, 0.717) is 16.9 Å². The van der Waals surface area contributed by atoms with Crippen molar-refractivity contribution in [2.24, 2.45) is 0 Å². The fraction of sp³-hybridized carbons (Fsp3) is 0.200. The van der Waals surface area contributed by atoms with Crippen molar-refractivity contribution in [3.05, 3.63) is 73.2 Å². The summed E-state index contributed by atoms with van der Waals surface area (Å²) in [7, 11) is 0. The van der Waals surface area contributed by atoms with E-state index in [9.17, 15) is 29.8 Å². The van der Waals surface area contributed by atoms with Crippen LogP contribution in [0, 0.1) is 20.2 Å². The van der Waals surface area contributed by atoms with Gasteiger partial charge in [-0.2, -0.15) is 0 Å². The number of carbonyl (C=O) groups is 2. The predicted molar refractivity (Wildman–Crippen MR) is 114 cm³/mol. The van der Waals surface area contributed by atoms with Gasteiger partial charge in [-0.1, -0.05) is 19.1 Å². The van der Waals surface area contributed by atoms with Gasteiger partial charge in [0.05, 0.1) is 20.8 Å². The Morgan fingerprint density at radius 2 is 1.77 bits per heavy atom. The lowest BCUT2D eigenvalue weighted by Gasteiger charge is -2.19. The summed E-state index contributed by atoms with van der Waals surface area (Å²) in [6.07, 6.45) is 2.25. The van der Waals surface area contributed by atoms with Gasteiger partial charge in [-0.25, -0.2) is 0 Å². The molecule has 0 saturated carbocycles. The molecular formula is C20H17N3O7S. The topological polar surface area (TPSA) is 133 Å². The first-order valence-electron chi connectivity index (χ1n) is 9.19. The molecule has 1 atom stereocenters. The van der Waals surface area contributed by atoms with Crippen LogP contribution in [0.3, 0.4) is 0 Å². The molecule has 10 nitrogen and oxygen atoms in total. The van der Waals surface area contributed by atoms with Crippen LogP contribution in [0.5, 0.6) is 11.5 Å². The first-order chi connectivity index (χ1) is 14.7. The van der Waals surface area contributed by atoms with Crippen LogP contribution in [0.1, 0.15) is 25.8 Å². The number of carbonyl (C=O) groups excluding carboxylic acids is 2. The first kappa shape index (κ1) is 22.0. The zero-order valence-corrected chi connectivity index (χ0v) is 17.3. The molecule has 2 aromatic carbocycles. The van der Waals surface area contributed by atoms with Crippen molar-refractivity contribution >= 4 is 40.4 Å². The summed E-state index contributed by atoms with van der Waals surface area (Å²) in [5, 5.41) is 21.7. The highest BCUT2D eigenvalue weighted by Crippen LogP contribution is 2.36. The van der Waals surface area contributed by atoms with Gasteiger partial charge in [0.25, 0.3) is 16.8 Å². The SMILES string of the molecule is CC[C@@H](C)N1C(=O)S/C(=C/c2ccc(Oc3ccc([N+](=O)[O-])cc3[N+](=O)[O-])cc2)C1=O. The van der Waals surface area contributed by atoms with E-state index in [1.54, 1.807) is 18.2 Å². The summed E-state index contributed by atoms with van der Waals surface area (Å²) in [4.78, 5) is 46.7. The molecule has 31 heavy (non-hydrogen) atoms. The number of ether oxygens (including phenoxy) is 1. The van der Waals surface area contributed by atoms with Gasteiger partial charge in [-0.15, -0.1) is 0 Å². The van der Waals surface area contributed by atoms with Gasteiger partial charge in [-0.3, -0.25) is 34.7 Å². The number of non-ortho nitro benzene ring substituents is 1. The first-order valence-corrected chi connectivity index (χ1v) is 10.0. The monoisotopic (exact) mass is 443 g/mol. The number of benzene rings is 2. The predicted octanol–water partition coefficient (Wildman–Crippen LogP) is 5.13. The summed E-state index contributed by atoms with van der Waals surface area (Å²) in [5.41, 5.74) is -0.307. The molecule has 0 aliphatic carbocycles. The highest BCUT2D eigenvalue weighted by atomic mass is 32.2. The molecule has 1 aliphatic rings. The quantitative estimate of drug-likeness (QED) is 0.327. The average Bonchev–Trinajstić information content (AvgIpc) is 3.01.